The molecule has 0 spiro atoms. The summed E-state index contributed by atoms with van der Waals surface area (Å²) in [5, 5.41) is 30.3. The number of nitrogens with zero attached hydrogens (tertiary/aromatic N) is 1. The molecule has 0 saturated heterocycles. The number of carbonyl (C=O) groups is 4. The van der Waals surface area contributed by atoms with Gasteiger partial charge in [0.05, 0.1) is 10.0 Å². The van der Waals surface area contributed by atoms with Crippen molar-refractivity contribution in [1.82, 2.24) is 0 Å². The Balaban J connectivity index is 1.69. The molecule has 2 aromatic carbocycles. The van der Waals surface area contributed by atoms with Crippen molar-refractivity contribution < 1.29 is 38.9 Å². The second kappa shape index (κ2) is 11.3. The molecule has 14 heteroatoms. The number of halogens is 2. The summed E-state index contributed by atoms with van der Waals surface area (Å²) < 4.78 is -0.203. The highest BCUT2D eigenvalue weighted by Gasteiger charge is 2.36. The molecule has 0 fully saturated rings. The van der Waals surface area contributed by atoms with Crippen LogP contribution in [0.3, 0.4) is 0 Å². The summed E-state index contributed by atoms with van der Waals surface area (Å²) in [6.45, 7) is 2.13. The summed E-state index contributed by atoms with van der Waals surface area (Å²) in [6.07, 6.45) is 4.71. The fourth-order valence-corrected chi connectivity index (χ4v) is 4.07. The number of nitrogens with one attached hydrogen (secondary N) is 5. The number of hydrogen-bond acceptors (Lipinski definition) is 6. The van der Waals surface area contributed by atoms with Crippen LogP contribution in [-0.4, -0.2) is 57.8 Å². The summed E-state index contributed by atoms with van der Waals surface area (Å²) in [5.74, 6) is -2.52. The third kappa shape index (κ3) is 7.19. The van der Waals surface area contributed by atoms with Gasteiger partial charge in [-0.1, -0.05) is 23.2 Å². The number of benzene rings is 2. The van der Waals surface area contributed by atoms with Crippen molar-refractivity contribution in [3.05, 3.63) is 46.7 Å². The summed E-state index contributed by atoms with van der Waals surface area (Å²) >= 11 is 12.2. The number of carbonyl (C=O) groups excluding carboxylic acids is 4. The zero-order valence-electron chi connectivity index (χ0n) is 19.7. The van der Waals surface area contributed by atoms with Crippen LogP contribution in [0, 0.1) is 0 Å². The van der Waals surface area contributed by atoms with Crippen LogP contribution in [0.5, 0.6) is 11.5 Å². The first-order valence-corrected chi connectivity index (χ1v) is 11.5. The van der Waals surface area contributed by atoms with E-state index >= 15 is 0 Å². The van der Waals surface area contributed by atoms with Gasteiger partial charge in [-0.15, -0.1) is 0 Å². The van der Waals surface area contributed by atoms with Crippen LogP contribution in [0.1, 0.15) is 13.8 Å². The molecule has 2 aromatic rings. The maximum Gasteiger partial charge on any atom is 0.336 e. The summed E-state index contributed by atoms with van der Waals surface area (Å²) in [5.41, 5.74) is 0.404. The first kappa shape index (κ1) is 27.5. The number of quaternary nitrogens is 1. The second-order valence-corrected chi connectivity index (χ2v) is 9.01. The third-order valence-electron chi connectivity index (χ3n) is 4.98. The predicted octanol–water partition coefficient (Wildman–Crippen LogP) is 1.31. The lowest BCUT2D eigenvalue weighted by atomic mass is 10.2. The van der Waals surface area contributed by atoms with E-state index in [-0.39, 0.29) is 61.9 Å². The lowest BCUT2D eigenvalue weighted by Crippen LogP contribution is -2.64. The monoisotopic (exact) mass is 550 g/mol. The molecule has 1 heterocycles. The number of phenolic OH excluding ortho intramolecular Hbond substituents is 2. The van der Waals surface area contributed by atoms with E-state index < -0.39 is 23.6 Å². The largest absolute Gasteiger partial charge is 0.506 e. The highest BCUT2D eigenvalue weighted by molar-refractivity contribution is 6.35. The Morgan fingerprint density at radius 1 is 0.784 bits per heavy atom. The van der Waals surface area contributed by atoms with Gasteiger partial charge in [-0.3, -0.25) is 19.2 Å². The molecule has 0 aliphatic carbocycles. The molecule has 3 rings (SSSR count). The van der Waals surface area contributed by atoms with Crippen molar-refractivity contribution >= 4 is 75.9 Å². The van der Waals surface area contributed by atoms with Crippen LogP contribution in [0.15, 0.2) is 36.7 Å². The van der Waals surface area contributed by atoms with Crippen molar-refractivity contribution in [1.29, 1.82) is 0 Å². The van der Waals surface area contributed by atoms with Crippen molar-refractivity contribution in [2.24, 2.45) is 0 Å². The van der Waals surface area contributed by atoms with E-state index in [1.165, 1.54) is 44.5 Å². The Hall–Kier alpha value is -4.13. The van der Waals surface area contributed by atoms with Crippen LogP contribution in [0.2, 0.25) is 10.0 Å². The molecule has 7 N–H and O–H groups in total. The maximum absolute atomic E-state index is 12.8. The van der Waals surface area contributed by atoms with Gasteiger partial charge in [-0.2, -0.15) is 9.48 Å². The zero-order chi connectivity index (χ0) is 27.3. The number of anilines is 4. The minimum Gasteiger partial charge on any atom is -0.506 e. The zero-order valence-corrected chi connectivity index (χ0v) is 21.2. The fourth-order valence-electron chi connectivity index (χ4n) is 3.54. The van der Waals surface area contributed by atoms with Gasteiger partial charge in [-0.05, 0) is 12.1 Å². The highest BCUT2D eigenvalue weighted by atomic mass is 35.5. The smallest absolute Gasteiger partial charge is 0.336 e. The van der Waals surface area contributed by atoms with Crippen molar-refractivity contribution in [2.75, 3.05) is 34.4 Å². The molecular formula is C23H24Cl2N6O6+2. The van der Waals surface area contributed by atoms with Crippen molar-refractivity contribution in [2.45, 2.75) is 13.8 Å². The molecule has 4 amide bonds. The van der Waals surface area contributed by atoms with E-state index in [0.717, 1.165) is 0 Å². The number of phenols is 2. The molecule has 1 aliphatic heterocycles. The van der Waals surface area contributed by atoms with E-state index in [2.05, 4.69) is 26.3 Å². The lowest BCUT2D eigenvalue weighted by molar-refractivity contribution is -0.770. The third-order valence-corrected chi connectivity index (χ3v) is 5.58. The summed E-state index contributed by atoms with van der Waals surface area (Å²) in [4.78, 5) is 51.0. The number of aromatic hydroxyl groups is 2. The van der Waals surface area contributed by atoms with Gasteiger partial charge < -0.3 is 31.5 Å². The molecule has 37 heavy (non-hydrogen) atoms. The average Bonchev–Trinajstić information content (AvgIpc) is 3.20. The Morgan fingerprint density at radius 2 is 1.22 bits per heavy atom. The number of hydrogen-bond donors (Lipinski definition) is 7. The minimum atomic E-state index is -0.500. The molecule has 0 unspecified atom stereocenters. The topological polar surface area (TPSA) is 171 Å². The SMILES string of the molecule is CC(=O)Nc1c(O)cc(NC(=O)C[N+]2(CC(=O)Nc3cc(O)c(NC(C)=O)c(Cl)c3)C=C[NH+]=C2)cc1Cl. The molecule has 12 nitrogen and oxygen atoms in total. The summed E-state index contributed by atoms with van der Waals surface area (Å²) in [7, 11) is 0. The van der Waals surface area contributed by atoms with Gasteiger partial charge in [0.15, 0.2) is 19.3 Å². The molecule has 0 aromatic heterocycles. The fraction of sp³-hybridized carbons (Fsp3) is 0.174. The van der Waals surface area contributed by atoms with Crippen LogP contribution in [-0.2, 0) is 19.2 Å². The van der Waals surface area contributed by atoms with Crippen LogP contribution >= 0.6 is 23.2 Å². The minimum absolute atomic E-state index is 0.0172. The second-order valence-electron chi connectivity index (χ2n) is 8.19. The van der Waals surface area contributed by atoms with E-state index in [0.29, 0.717) is 0 Å². The van der Waals surface area contributed by atoms with Gasteiger partial charge in [0.1, 0.15) is 22.9 Å². The molecule has 0 radical (unpaired) electrons. The Bertz CT molecular complexity index is 1200. The first-order valence-electron chi connectivity index (χ1n) is 10.7. The lowest BCUT2D eigenvalue weighted by Gasteiger charge is -2.23. The number of rotatable bonds is 8. The van der Waals surface area contributed by atoms with Crippen LogP contribution < -0.4 is 26.3 Å². The van der Waals surface area contributed by atoms with Crippen LogP contribution in [0.25, 0.3) is 0 Å². The van der Waals surface area contributed by atoms with E-state index in [4.69, 9.17) is 23.2 Å². The van der Waals surface area contributed by atoms with Crippen molar-refractivity contribution in [3.63, 3.8) is 0 Å². The van der Waals surface area contributed by atoms with Crippen LogP contribution in [0.4, 0.5) is 22.7 Å². The first-order chi connectivity index (χ1) is 17.4. The predicted molar refractivity (Wildman–Crippen MR) is 138 cm³/mol. The quantitative estimate of drug-likeness (QED) is 0.193. The van der Waals surface area contributed by atoms with Gasteiger partial charge in [0.25, 0.3) is 11.8 Å². The van der Waals surface area contributed by atoms with Crippen molar-refractivity contribution in [3.8, 4) is 11.5 Å². The summed E-state index contributed by atoms with van der Waals surface area (Å²) in [6, 6.07) is 5.19. The molecule has 0 saturated carbocycles. The van der Waals surface area contributed by atoms with Gasteiger partial charge >= 0.3 is 6.34 Å². The molecule has 0 bridgehead atoms. The normalized spacial score (nSPS) is 13.2. The Kier molecular flexibility index (Phi) is 8.38. The Labute approximate surface area is 221 Å². The molecule has 194 valence electrons. The molecular weight excluding hydrogens is 527 g/mol. The average molecular weight is 551 g/mol. The molecule has 1 aliphatic rings. The van der Waals surface area contributed by atoms with E-state index in [1.807, 2.05) is 0 Å². The van der Waals surface area contributed by atoms with Gasteiger partial charge in [0.2, 0.25) is 18.0 Å². The number of amides is 4. The standard InChI is InChI=1S/C23H22Cl2N6O6/c1-12(32)27-22-16(24)5-14(7-18(22)34)29-20(36)9-31(4-3-26-11-31)10-21(37)30-15-6-17(25)23(19(35)8-15)28-13(2)33/h3-8,11H,9-10H2,1-2H3,(H5-,27,28,29,30,32,33,34,35,36,37)/p+2. The van der Waals surface area contributed by atoms with Gasteiger partial charge in [-0.25, -0.2) is 0 Å². The Morgan fingerprint density at radius 3 is 1.54 bits per heavy atom. The maximum atomic E-state index is 12.8. The highest BCUT2D eigenvalue weighted by Crippen LogP contribution is 2.36. The molecule has 0 atom stereocenters. The van der Waals surface area contributed by atoms with Gasteiger partial charge in [0, 0.05) is 37.4 Å². The van der Waals surface area contributed by atoms with E-state index in [1.54, 1.807) is 12.4 Å². The van der Waals surface area contributed by atoms with E-state index in [9.17, 15) is 29.4 Å².